The van der Waals surface area contributed by atoms with Crippen molar-refractivity contribution >= 4 is 34.3 Å². The number of hydrogen-bond donors (Lipinski definition) is 0. The summed E-state index contributed by atoms with van der Waals surface area (Å²) < 4.78 is 0. The van der Waals surface area contributed by atoms with Gasteiger partial charge in [0.2, 0.25) is 0 Å². The summed E-state index contributed by atoms with van der Waals surface area (Å²) in [5, 5.41) is 16.6. The lowest BCUT2D eigenvalue weighted by Gasteiger charge is -2.30. The quantitative estimate of drug-likeness (QED) is 0.303. The van der Waals surface area contributed by atoms with Gasteiger partial charge in [-0.25, -0.2) is 9.97 Å². The van der Waals surface area contributed by atoms with Crippen LogP contribution in [-0.2, 0) is 0 Å². The first-order chi connectivity index (χ1) is 16.1. The molecule has 1 amide bonds. The number of carbonyl (C=O) groups is 1. The molecule has 1 fully saturated rings. The van der Waals surface area contributed by atoms with E-state index < -0.39 is 0 Å². The van der Waals surface area contributed by atoms with Gasteiger partial charge in [-0.05, 0) is 18.9 Å². The number of piperidine rings is 1. The Kier molecular flexibility index (Phi) is 5.88. The number of hydrogen-bond acceptors (Lipinski definition) is 9. The van der Waals surface area contributed by atoms with Gasteiger partial charge in [0.25, 0.3) is 11.6 Å². The topological polar surface area (TPSA) is 115 Å². The number of benzene rings is 1. The molecule has 0 unspecified atom stereocenters. The molecule has 0 radical (unpaired) electrons. The van der Waals surface area contributed by atoms with E-state index in [-0.39, 0.29) is 22.4 Å². The van der Waals surface area contributed by atoms with E-state index in [0.29, 0.717) is 40.7 Å². The van der Waals surface area contributed by atoms with E-state index in [2.05, 4.69) is 15.0 Å². The van der Waals surface area contributed by atoms with E-state index in [1.54, 1.807) is 42.2 Å². The Hall–Kier alpha value is -3.57. The summed E-state index contributed by atoms with van der Waals surface area (Å²) in [6.07, 6.45) is 6.40. The van der Waals surface area contributed by atoms with Crippen LogP contribution in [0.2, 0.25) is 0 Å². The van der Waals surface area contributed by atoms with Crippen LogP contribution in [0.1, 0.15) is 34.3 Å². The van der Waals surface area contributed by atoms with Crippen LogP contribution < -0.4 is 0 Å². The number of likely N-dealkylation sites (tertiary alicyclic amines) is 1. The Morgan fingerprint density at radius 2 is 1.88 bits per heavy atom. The molecule has 3 aromatic heterocycles. The monoisotopic (exact) mass is 478 g/mol. The zero-order chi connectivity index (χ0) is 22.8. The molecule has 1 aromatic carbocycles. The van der Waals surface area contributed by atoms with E-state index in [0.717, 1.165) is 17.8 Å². The summed E-state index contributed by atoms with van der Waals surface area (Å²) in [6.45, 7) is 1.23. The molecule has 1 aliphatic rings. The van der Waals surface area contributed by atoms with Gasteiger partial charge in [0, 0.05) is 48.2 Å². The van der Waals surface area contributed by atoms with Crippen molar-refractivity contribution in [2.75, 3.05) is 13.1 Å². The minimum absolute atomic E-state index is 0.0545. The first-order valence-electron chi connectivity index (χ1n) is 10.3. The second-order valence-electron chi connectivity index (χ2n) is 7.54. The molecule has 0 saturated carbocycles. The Labute approximate surface area is 197 Å². The van der Waals surface area contributed by atoms with Gasteiger partial charge in [-0.3, -0.25) is 24.9 Å². The highest BCUT2D eigenvalue weighted by atomic mass is 32.1. The zero-order valence-corrected chi connectivity index (χ0v) is 19.0. The van der Waals surface area contributed by atoms with Gasteiger partial charge in [0.05, 0.1) is 27.4 Å². The van der Waals surface area contributed by atoms with Crippen LogP contribution in [0.5, 0.6) is 0 Å². The molecule has 4 aromatic rings. The fourth-order valence-electron chi connectivity index (χ4n) is 3.84. The van der Waals surface area contributed by atoms with Crippen molar-refractivity contribution in [1.29, 1.82) is 0 Å². The molecular weight excluding hydrogens is 460 g/mol. The molecule has 1 aliphatic heterocycles. The van der Waals surface area contributed by atoms with Crippen molar-refractivity contribution in [3.8, 4) is 22.0 Å². The Balaban J connectivity index is 1.25. The normalized spacial score (nSPS) is 14.4. The van der Waals surface area contributed by atoms with Gasteiger partial charge < -0.3 is 4.90 Å². The average molecular weight is 479 g/mol. The molecule has 5 rings (SSSR count). The van der Waals surface area contributed by atoms with Gasteiger partial charge in [-0.2, -0.15) is 0 Å². The number of rotatable bonds is 5. The minimum atomic E-state index is -0.382. The van der Waals surface area contributed by atoms with Crippen molar-refractivity contribution < 1.29 is 9.72 Å². The van der Waals surface area contributed by atoms with Crippen LogP contribution >= 0.6 is 22.7 Å². The first kappa shape index (κ1) is 21.3. The van der Waals surface area contributed by atoms with E-state index in [4.69, 9.17) is 4.98 Å². The van der Waals surface area contributed by atoms with Crippen molar-refractivity contribution in [3.63, 3.8) is 0 Å². The Bertz CT molecular complexity index is 1300. The lowest BCUT2D eigenvalue weighted by Crippen LogP contribution is -2.38. The number of para-hydroxylation sites is 1. The lowest BCUT2D eigenvalue weighted by molar-refractivity contribution is -0.384. The molecule has 0 aliphatic carbocycles. The number of nitro benzene ring substituents is 1. The Morgan fingerprint density at radius 3 is 2.64 bits per heavy atom. The van der Waals surface area contributed by atoms with Crippen LogP contribution in [0.3, 0.4) is 0 Å². The number of aromatic nitrogens is 4. The third kappa shape index (κ3) is 4.37. The molecule has 1 saturated heterocycles. The summed E-state index contributed by atoms with van der Waals surface area (Å²) >= 11 is 2.90. The van der Waals surface area contributed by atoms with Gasteiger partial charge >= 0.3 is 0 Å². The highest BCUT2D eigenvalue weighted by molar-refractivity contribution is 7.13. The molecule has 0 bridgehead atoms. The van der Waals surface area contributed by atoms with E-state index in [1.807, 2.05) is 10.3 Å². The van der Waals surface area contributed by atoms with Gasteiger partial charge in [-0.1, -0.05) is 12.1 Å². The van der Waals surface area contributed by atoms with Crippen LogP contribution in [-0.4, -0.2) is 48.8 Å². The van der Waals surface area contributed by atoms with Gasteiger partial charge in [0.15, 0.2) is 0 Å². The highest BCUT2D eigenvalue weighted by Gasteiger charge is 2.28. The smallest absolute Gasteiger partial charge is 0.278 e. The minimum Gasteiger partial charge on any atom is -0.337 e. The third-order valence-corrected chi connectivity index (χ3v) is 7.41. The second-order valence-corrected chi connectivity index (χ2v) is 9.29. The third-order valence-electron chi connectivity index (χ3n) is 5.54. The average Bonchev–Trinajstić information content (AvgIpc) is 3.55. The number of nitro groups is 1. The largest absolute Gasteiger partial charge is 0.337 e. The van der Waals surface area contributed by atoms with Crippen LogP contribution in [0, 0.1) is 10.1 Å². The first-order valence-corrected chi connectivity index (χ1v) is 12.1. The standard InChI is InChI=1S/C22H18N6O3S2/c29-22(18-13-33-21(26-18)16-11-23-7-8-24-16)27-9-5-14(6-10-27)20-25-17(12-32-20)15-3-1-2-4-19(15)28(30)31/h1-4,7-8,11-14H,5-6,9-10H2. The summed E-state index contributed by atoms with van der Waals surface area (Å²) in [5.74, 6) is 0.140. The molecule has 11 heteroatoms. The van der Waals surface area contributed by atoms with Gasteiger partial charge in [0.1, 0.15) is 16.4 Å². The lowest BCUT2D eigenvalue weighted by atomic mass is 9.97. The van der Waals surface area contributed by atoms with E-state index >= 15 is 0 Å². The molecule has 0 spiro atoms. The number of thiazole rings is 2. The summed E-state index contributed by atoms with van der Waals surface area (Å²) in [5.41, 5.74) is 2.28. The molecule has 9 nitrogen and oxygen atoms in total. The Morgan fingerprint density at radius 1 is 1.06 bits per heavy atom. The molecule has 4 heterocycles. The van der Waals surface area contributed by atoms with E-state index in [9.17, 15) is 14.9 Å². The fraction of sp³-hybridized carbons (Fsp3) is 0.227. The van der Waals surface area contributed by atoms with Crippen LogP contribution in [0.25, 0.3) is 22.0 Å². The maximum atomic E-state index is 12.9. The summed E-state index contributed by atoms with van der Waals surface area (Å²) in [4.78, 5) is 43.1. The number of nitrogens with zero attached hydrogens (tertiary/aromatic N) is 6. The molecular formula is C22H18N6O3S2. The molecule has 166 valence electrons. The van der Waals surface area contributed by atoms with E-state index in [1.165, 1.54) is 28.7 Å². The van der Waals surface area contributed by atoms with Gasteiger partial charge in [-0.15, -0.1) is 22.7 Å². The van der Waals surface area contributed by atoms with Crippen molar-refractivity contribution in [1.82, 2.24) is 24.8 Å². The second kappa shape index (κ2) is 9.12. The van der Waals surface area contributed by atoms with Crippen LogP contribution in [0.4, 0.5) is 5.69 Å². The SMILES string of the molecule is O=C(c1csc(-c2cnccn2)n1)N1CCC(c2nc(-c3ccccc3[N+](=O)[O-])cs2)CC1. The summed E-state index contributed by atoms with van der Waals surface area (Å²) in [6, 6.07) is 6.65. The summed E-state index contributed by atoms with van der Waals surface area (Å²) in [7, 11) is 0. The predicted molar refractivity (Wildman–Crippen MR) is 125 cm³/mol. The number of carbonyl (C=O) groups excluding carboxylic acids is 1. The molecule has 0 atom stereocenters. The maximum absolute atomic E-state index is 12.9. The van der Waals surface area contributed by atoms with Crippen molar-refractivity contribution in [2.45, 2.75) is 18.8 Å². The highest BCUT2D eigenvalue weighted by Crippen LogP contribution is 2.36. The van der Waals surface area contributed by atoms with Crippen LogP contribution in [0.15, 0.2) is 53.6 Å². The zero-order valence-electron chi connectivity index (χ0n) is 17.3. The fourth-order valence-corrected chi connectivity index (χ4v) is 5.58. The predicted octanol–water partition coefficient (Wildman–Crippen LogP) is 4.65. The maximum Gasteiger partial charge on any atom is 0.278 e. The van der Waals surface area contributed by atoms with Crippen molar-refractivity contribution in [2.24, 2.45) is 0 Å². The molecule has 0 N–H and O–H groups in total. The number of amides is 1. The van der Waals surface area contributed by atoms with Crippen molar-refractivity contribution in [3.05, 3.63) is 74.4 Å². The molecule has 33 heavy (non-hydrogen) atoms.